The van der Waals surface area contributed by atoms with E-state index in [9.17, 15) is 9.90 Å². The second-order valence-electron chi connectivity index (χ2n) is 6.16. The van der Waals surface area contributed by atoms with Gasteiger partial charge in [-0.25, -0.2) is 4.79 Å². The van der Waals surface area contributed by atoms with Gasteiger partial charge >= 0.3 is 5.97 Å². The highest BCUT2D eigenvalue weighted by atomic mass is 79.9. The summed E-state index contributed by atoms with van der Waals surface area (Å²) in [6.07, 6.45) is 2.94. The van der Waals surface area contributed by atoms with Crippen LogP contribution in [0, 0.1) is 0 Å². The van der Waals surface area contributed by atoms with Crippen molar-refractivity contribution >= 4 is 21.9 Å². The molecule has 1 N–H and O–H groups in total. The number of esters is 1. The summed E-state index contributed by atoms with van der Waals surface area (Å²) in [4.78, 5) is 14.4. The zero-order chi connectivity index (χ0) is 16.8. The van der Waals surface area contributed by atoms with Gasteiger partial charge in [0, 0.05) is 17.4 Å². The maximum atomic E-state index is 12.0. The van der Waals surface area contributed by atoms with Gasteiger partial charge in [-0.2, -0.15) is 0 Å². The molecule has 1 aromatic carbocycles. The number of benzene rings is 1. The molecule has 3 unspecified atom stereocenters. The largest absolute Gasteiger partial charge is 0.460 e. The van der Waals surface area contributed by atoms with Crippen LogP contribution in [0.15, 0.2) is 30.3 Å². The lowest BCUT2D eigenvalue weighted by Crippen LogP contribution is -2.43. The summed E-state index contributed by atoms with van der Waals surface area (Å²) in [5.74, 6) is -0.523. The first-order chi connectivity index (χ1) is 11.1. The fourth-order valence-electron chi connectivity index (χ4n) is 3.46. The van der Waals surface area contributed by atoms with Crippen LogP contribution in [0.5, 0.6) is 0 Å². The van der Waals surface area contributed by atoms with E-state index < -0.39 is 12.1 Å². The molecule has 1 aromatic rings. The minimum Gasteiger partial charge on any atom is -0.460 e. The maximum Gasteiger partial charge on any atom is 0.339 e. The van der Waals surface area contributed by atoms with E-state index in [1.54, 1.807) is 12.1 Å². The number of halogens is 1. The average Bonchev–Trinajstić information content (AvgIpc) is 2.77. The molecule has 2 aliphatic rings. The van der Waals surface area contributed by atoms with Crippen LogP contribution in [-0.2, 0) is 9.53 Å². The molecule has 2 aliphatic heterocycles. The molecule has 5 heteroatoms. The van der Waals surface area contributed by atoms with Crippen LogP contribution < -0.4 is 0 Å². The molecule has 0 radical (unpaired) electrons. The summed E-state index contributed by atoms with van der Waals surface area (Å²) in [5.41, 5.74) is 0.591. The molecule has 2 heterocycles. The summed E-state index contributed by atoms with van der Waals surface area (Å²) < 4.78 is 5.52. The fourth-order valence-corrected chi connectivity index (χ4v) is 3.46. The molecule has 2 saturated heterocycles. The fraction of sp³-hybridized carbons (Fsp3) is 0.611. The number of hydrogen-bond acceptors (Lipinski definition) is 4. The summed E-state index contributed by atoms with van der Waals surface area (Å²) in [6, 6.07) is 10.0. The van der Waals surface area contributed by atoms with E-state index in [4.69, 9.17) is 4.74 Å². The highest BCUT2D eigenvalue weighted by molar-refractivity contribution is 9.09. The highest BCUT2D eigenvalue weighted by Crippen LogP contribution is 2.35. The van der Waals surface area contributed by atoms with Crippen molar-refractivity contribution in [2.24, 2.45) is 0 Å². The number of hydrogen-bond donors (Lipinski definition) is 1. The number of piperidine rings is 1. The Bertz CT molecular complexity index is 482. The number of nitrogens with zero attached hydrogens (tertiary/aromatic N) is 1. The van der Waals surface area contributed by atoms with Crippen molar-refractivity contribution in [2.75, 3.05) is 12.4 Å². The number of aliphatic hydroxyl groups is 1. The van der Waals surface area contributed by atoms with Crippen LogP contribution in [0.2, 0.25) is 0 Å². The Morgan fingerprint density at radius 3 is 2.35 bits per heavy atom. The van der Waals surface area contributed by atoms with E-state index in [2.05, 4.69) is 27.9 Å². The first-order valence-corrected chi connectivity index (χ1v) is 9.40. The van der Waals surface area contributed by atoms with Crippen molar-refractivity contribution in [1.82, 2.24) is 4.90 Å². The summed E-state index contributed by atoms with van der Waals surface area (Å²) in [5, 5.41) is 11.1. The molecule has 0 aliphatic carbocycles. The maximum absolute atomic E-state index is 12.0. The van der Waals surface area contributed by atoms with Gasteiger partial charge in [-0.15, -0.1) is 0 Å². The average molecular weight is 384 g/mol. The molecular formula is C18H26BrNO3. The normalized spacial score (nSPS) is 27.7. The predicted octanol–water partition coefficient (Wildman–Crippen LogP) is 3.29. The van der Waals surface area contributed by atoms with Gasteiger partial charge in [0.2, 0.25) is 0 Å². The Morgan fingerprint density at radius 2 is 1.83 bits per heavy atom. The van der Waals surface area contributed by atoms with Crippen LogP contribution in [0.25, 0.3) is 0 Å². The summed E-state index contributed by atoms with van der Waals surface area (Å²) in [6.45, 7) is 2.04. The number of fused-ring (bicyclic) bond motifs is 2. The molecule has 128 valence electrons. The molecule has 3 rings (SSSR count). The van der Waals surface area contributed by atoms with Crippen molar-refractivity contribution in [3.05, 3.63) is 35.9 Å². The second-order valence-corrected chi connectivity index (χ2v) is 7.28. The van der Waals surface area contributed by atoms with Gasteiger partial charge in [0.15, 0.2) is 6.10 Å². The van der Waals surface area contributed by atoms with Crippen molar-refractivity contribution in [2.45, 2.75) is 56.9 Å². The van der Waals surface area contributed by atoms with Gasteiger partial charge in [-0.05, 0) is 38.3 Å². The van der Waals surface area contributed by atoms with Crippen LogP contribution in [0.1, 0.15) is 44.3 Å². The Kier molecular flexibility index (Phi) is 7.06. The van der Waals surface area contributed by atoms with Crippen molar-refractivity contribution in [1.29, 1.82) is 0 Å². The molecule has 0 saturated carbocycles. The second kappa shape index (κ2) is 8.81. The van der Waals surface area contributed by atoms with Crippen molar-refractivity contribution < 1.29 is 14.6 Å². The molecular weight excluding hydrogens is 358 g/mol. The summed E-state index contributed by atoms with van der Waals surface area (Å²) in [7, 11) is 2.15. The first-order valence-electron chi connectivity index (χ1n) is 8.28. The SMILES string of the molecule is CCBr.CN1C2CCC1CC(OC(=O)C(O)c1ccccc1)C2. The van der Waals surface area contributed by atoms with E-state index in [-0.39, 0.29) is 6.10 Å². The third-order valence-electron chi connectivity index (χ3n) is 4.68. The lowest BCUT2D eigenvalue weighted by Gasteiger charge is -2.36. The Balaban J connectivity index is 0.000000595. The van der Waals surface area contributed by atoms with Crippen molar-refractivity contribution in [3.63, 3.8) is 0 Å². The Morgan fingerprint density at radius 1 is 1.30 bits per heavy atom. The van der Waals surface area contributed by atoms with Crippen LogP contribution in [0.3, 0.4) is 0 Å². The number of alkyl halides is 1. The van der Waals surface area contributed by atoms with Crippen LogP contribution >= 0.6 is 15.9 Å². The minimum absolute atomic E-state index is 0.0467. The lowest BCUT2D eigenvalue weighted by molar-refractivity contribution is -0.162. The van der Waals surface area contributed by atoms with E-state index in [1.807, 2.05) is 25.1 Å². The van der Waals surface area contributed by atoms with E-state index in [1.165, 1.54) is 12.8 Å². The molecule has 23 heavy (non-hydrogen) atoms. The van der Waals surface area contributed by atoms with Gasteiger partial charge in [0.05, 0.1) is 0 Å². The van der Waals surface area contributed by atoms with Gasteiger partial charge in [0.1, 0.15) is 6.10 Å². The molecule has 0 amide bonds. The van der Waals surface area contributed by atoms with Gasteiger partial charge < -0.3 is 14.7 Å². The van der Waals surface area contributed by atoms with E-state index >= 15 is 0 Å². The van der Waals surface area contributed by atoms with E-state index in [0.717, 1.165) is 18.2 Å². The Labute approximate surface area is 147 Å². The zero-order valence-corrected chi connectivity index (χ0v) is 15.4. The predicted molar refractivity (Wildman–Crippen MR) is 94.6 cm³/mol. The standard InChI is InChI=1S/C16H21NO3.C2H5Br/c1-17-12-7-8-13(17)10-14(9-12)20-16(19)15(18)11-5-3-2-4-6-11;1-2-3/h2-6,12-15,18H,7-10H2,1H3;2H2,1H3. The molecule has 2 fully saturated rings. The third kappa shape index (κ3) is 4.78. The van der Waals surface area contributed by atoms with Crippen molar-refractivity contribution in [3.8, 4) is 0 Å². The third-order valence-corrected chi connectivity index (χ3v) is 4.68. The Hall–Kier alpha value is -0.910. The zero-order valence-electron chi connectivity index (χ0n) is 13.8. The number of aliphatic hydroxyl groups excluding tert-OH is 1. The number of carbonyl (C=O) groups excluding carboxylic acids is 1. The molecule has 0 spiro atoms. The topological polar surface area (TPSA) is 49.8 Å². The smallest absolute Gasteiger partial charge is 0.339 e. The van der Waals surface area contributed by atoms with Gasteiger partial charge in [0.25, 0.3) is 0 Å². The molecule has 2 bridgehead atoms. The highest BCUT2D eigenvalue weighted by Gasteiger charge is 2.40. The quantitative estimate of drug-likeness (QED) is 0.642. The number of ether oxygens (including phenoxy) is 1. The van der Waals surface area contributed by atoms with Crippen LogP contribution in [0.4, 0.5) is 0 Å². The monoisotopic (exact) mass is 383 g/mol. The summed E-state index contributed by atoms with van der Waals surface area (Å²) >= 11 is 3.15. The molecule has 0 aromatic heterocycles. The first kappa shape index (κ1) is 18.4. The van der Waals surface area contributed by atoms with E-state index in [0.29, 0.717) is 17.6 Å². The number of rotatable bonds is 3. The van der Waals surface area contributed by atoms with Crippen LogP contribution in [-0.4, -0.2) is 46.5 Å². The lowest BCUT2D eigenvalue weighted by atomic mass is 10.0. The molecule has 3 atom stereocenters. The molecule has 4 nitrogen and oxygen atoms in total. The number of carbonyl (C=O) groups is 1. The van der Waals surface area contributed by atoms with Gasteiger partial charge in [-0.3, -0.25) is 0 Å². The minimum atomic E-state index is -1.17. The van der Waals surface area contributed by atoms with Gasteiger partial charge in [-0.1, -0.05) is 53.2 Å².